The van der Waals surface area contributed by atoms with Gasteiger partial charge >= 0.3 is 5.97 Å². The van der Waals surface area contributed by atoms with Crippen molar-refractivity contribution in [3.63, 3.8) is 0 Å². The van der Waals surface area contributed by atoms with Crippen LogP contribution >= 0.6 is 0 Å². The van der Waals surface area contributed by atoms with Gasteiger partial charge in [0.2, 0.25) is 0 Å². The fourth-order valence-electron chi connectivity index (χ4n) is 6.73. The van der Waals surface area contributed by atoms with Crippen molar-refractivity contribution >= 4 is 11.9 Å². The molecular weight excluding hydrogens is 394 g/mol. The summed E-state index contributed by atoms with van der Waals surface area (Å²) in [7, 11) is 0. The van der Waals surface area contributed by atoms with Crippen LogP contribution in [-0.4, -0.2) is 53.7 Å². The molecule has 164 valence electrons. The fraction of sp³-hybridized carbons (Fsp3) is 0.625. The van der Waals surface area contributed by atoms with E-state index >= 15 is 0 Å². The highest BCUT2D eigenvalue weighted by molar-refractivity contribution is 5.82. The monoisotopic (exact) mass is 423 g/mol. The molecule has 1 aliphatic heterocycles. The molecule has 31 heavy (non-hydrogen) atoms. The molecule has 1 amide bonds. The third kappa shape index (κ3) is 3.83. The van der Waals surface area contributed by atoms with E-state index in [1.54, 1.807) is 0 Å². The van der Waals surface area contributed by atoms with Crippen LogP contribution in [-0.2, 0) is 20.9 Å². The second kappa shape index (κ2) is 7.92. The van der Waals surface area contributed by atoms with Gasteiger partial charge in [-0.25, -0.2) is 0 Å². The highest BCUT2D eigenvalue weighted by Crippen LogP contribution is 2.60. The molecular formula is C24H29N3O4. The number of carbonyl (C=O) groups is 2. The minimum absolute atomic E-state index is 0.0635. The number of ether oxygens (including phenoxy) is 1. The van der Waals surface area contributed by atoms with Gasteiger partial charge in [0.05, 0.1) is 23.7 Å². The van der Waals surface area contributed by atoms with Crippen molar-refractivity contribution in [2.75, 3.05) is 19.7 Å². The van der Waals surface area contributed by atoms with Crippen molar-refractivity contribution in [2.45, 2.75) is 50.8 Å². The zero-order valence-electron chi connectivity index (χ0n) is 17.6. The maximum Gasteiger partial charge on any atom is 0.309 e. The van der Waals surface area contributed by atoms with Crippen LogP contribution in [0.1, 0.15) is 43.2 Å². The number of rotatable bonds is 5. The lowest BCUT2D eigenvalue weighted by molar-refractivity contribution is -0.168. The third-order valence-corrected chi connectivity index (χ3v) is 7.97. The summed E-state index contributed by atoms with van der Waals surface area (Å²) >= 11 is 0. The number of carboxylic acid groups (broad SMARTS) is 1. The Morgan fingerprint density at radius 1 is 1.19 bits per heavy atom. The summed E-state index contributed by atoms with van der Waals surface area (Å²) in [5.41, 5.74) is 1.19. The zero-order valence-corrected chi connectivity index (χ0v) is 17.6. The molecule has 0 aromatic heterocycles. The predicted octanol–water partition coefficient (Wildman–Crippen LogP) is 2.15. The second-order valence-corrected chi connectivity index (χ2v) is 9.99. The number of nitrogens with zero attached hydrogens (tertiary/aromatic N) is 2. The summed E-state index contributed by atoms with van der Waals surface area (Å²) < 4.78 is 5.80. The lowest BCUT2D eigenvalue weighted by Gasteiger charge is -2.58. The molecule has 3 atom stereocenters. The quantitative estimate of drug-likeness (QED) is 0.752. The van der Waals surface area contributed by atoms with Crippen LogP contribution in [0.5, 0.6) is 0 Å². The topological polar surface area (TPSA) is 103 Å². The highest BCUT2D eigenvalue weighted by Gasteiger charge is 2.59. The maximum atomic E-state index is 13.1. The van der Waals surface area contributed by atoms with Crippen molar-refractivity contribution < 1.29 is 19.4 Å². The fourth-order valence-corrected chi connectivity index (χ4v) is 6.73. The second-order valence-electron chi connectivity index (χ2n) is 9.99. The Kier molecular flexibility index (Phi) is 5.23. The van der Waals surface area contributed by atoms with E-state index in [0.29, 0.717) is 37.5 Å². The average molecular weight is 424 g/mol. The molecule has 5 fully saturated rings. The Hall–Kier alpha value is -2.43. The van der Waals surface area contributed by atoms with E-state index in [9.17, 15) is 14.7 Å². The van der Waals surface area contributed by atoms with Gasteiger partial charge in [-0.2, -0.15) is 5.26 Å². The summed E-state index contributed by atoms with van der Waals surface area (Å²) in [5.74, 6) is 0.321. The summed E-state index contributed by atoms with van der Waals surface area (Å²) in [6.07, 6.45) is 3.76. The molecule has 1 heterocycles. The molecule has 1 saturated heterocycles. The molecule has 5 aliphatic rings. The smallest absolute Gasteiger partial charge is 0.309 e. The zero-order chi connectivity index (χ0) is 21.6. The summed E-state index contributed by atoms with van der Waals surface area (Å²) in [6.45, 7) is 2.53. The SMILES string of the molecule is N#Cc1ccc(CN2CCOC(C(=O)NC3C4CC5CC3CC(C(=O)O)(C5)C4)C2)cc1. The Morgan fingerprint density at radius 2 is 1.90 bits per heavy atom. The van der Waals surface area contributed by atoms with Crippen LogP contribution in [0.15, 0.2) is 24.3 Å². The van der Waals surface area contributed by atoms with E-state index in [1.165, 1.54) is 0 Å². The lowest BCUT2D eigenvalue weighted by atomic mass is 9.48. The van der Waals surface area contributed by atoms with Gasteiger partial charge in [-0.05, 0) is 67.6 Å². The molecule has 2 N–H and O–H groups in total. The number of aliphatic carboxylic acids is 1. The number of hydrogen-bond acceptors (Lipinski definition) is 5. The van der Waals surface area contributed by atoms with Gasteiger partial charge in [-0.1, -0.05) is 12.1 Å². The number of carbonyl (C=O) groups excluding carboxylic acids is 1. The van der Waals surface area contributed by atoms with Crippen molar-refractivity contribution in [2.24, 2.45) is 23.2 Å². The van der Waals surface area contributed by atoms with E-state index in [4.69, 9.17) is 10.00 Å². The van der Waals surface area contributed by atoms with Crippen LogP contribution in [0, 0.1) is 34.5 Å². The Morgan fingerprint density at radius 3 is 2.55 bits per heavy atom. The largest absolute Gasteiger partial charge is 0.481 e. The highest BCUT2D eigenvalue weighted by atomic mass is 16.5. The molecule has 4 saturated carbocycles. The first kappa shape index (κ1) is 20.5. The molecule has 4 bridgehead atoms. The minimum Gasteiger partial charge on any atom is -0.481 e. The first-order chi connectivity index (χ1) is 15.0. The van der Waals surface area contributed by atoms with Crippen LogP contribution < -0.4 is 5.32 Å². The van der Waals surface area contributed by atoms with Gasteiger partial charge in [0.25, 0.3) is 5.91 Å². The van der Waals surface area contributed by atoms with Gasteiger partial charge in [0, 0.05) is 25.7 Å². The number of nitrogens with one attached hydrogen (secondary N) is 1. The third-order valence-electron chi connectivity index (χ3n) is 7.97. The number of benzene rings is 1. The van der Waals surface area contributed by atoms with Crippen LogP contribution in [0.2, 0.25) is 0 Å². The Balaban J connectivity index is 1.20. The summed E-state index contributed by atoms with van der Waals surface area (Å²) in [5, 5.41) is 22.0. The molecule has 3 unspecified atom stereocenters. The van der Waals surface area contributed by atoms with Gasteiger partial charge in [0.1, 0.15) is 6.10 Å². The number of amides is 1. The van der Waals surface area contributed by atoms with Gasteiger partial charge < -0.3 is 15.2 Å². The van der Waals surface area contributed by atoms with Crippen LogP contribution in [0.3, 0.4) is 0 Å². The van der Waals surface area contributed by atoms with Crippen molar-refractivity contribution in [1.29, 1.82) is 5.26 Å². The van der Waals surface area contributed by atoms with Crippen molar-refractivity contribution in [3.05, 3.63) is 35.4 Å². The van der Waals surface area contributed by atoms with Crippen LogP contribution in [0.25, 0.3) is 0 Å². The number of nitriles is 1. The minimum atomic E-state index is -0.647. The first-order valence-electron chi connectivity index (χ1n) is 11.3. The van der Waals surface area contributed by atoms with E-state index < -0.39 is 17.5 Å². The normalized spacial score (nSPS) is 36.7. The number of carboxylic acids is 1. The number of morpholine rings is 1. The molecule has 0 spiro atoms. The summed E-state index contributed by atoms with van der Waals surface area (Å²) in [6, 6.07) is 9.75. The van der Waals surface area contributed by atoms with Crippen LogP contribution in [0.4, 0.5) is 0 Å². The first-order valence-corrected chi connectivity index (χ1v) is 11.3. The molecule has 1 aromatic rings. The van der Waals surface area contributed by atoms with Crippen molar-refractivity contribution in [3.8, 4) is 6.07 Å². The van der Waals surface area contributed by atoms with E-state index in [2.05, 4.69) is 16.3 Å². The molecule has 0 radical (unpaired) electrons. The molecule has 1 aromatic carbocycles. The van der Waals surface area contributed by atoms with E-state index in [1.807, 2.05) is 24.3 Å². The van der Waals surface area contributed by atoms with Crippen molar-refractivity contribution in [1.82, 2.24) is 10.2 Å². The Labute approximate surface area is 182 Å². The maximum absolute atomic E-state index is 13.1. The molecule has 7 nitrogen and oxygen atoms in total. The molecule has 7 heteroatoms. The summed E-state index contributed by atoms with van der Waals surface area (Å²) in [4.78, 5) is 27.2. The van der Waals surface area contributed by atoms with E-state index in [0.717, 1.165) is 37.9 Å². The standard InChI is InChI=1S/C24H29N3O4/c25-12-15-1-3-16(4-2-15)13-27-5-6-31-20(14-27)22(28)26-21-18-7-17-8-19(21)11-24(9-17,10-18)23(29)30/h1-4,17-21H,5-11,13-14H2,(H,26,28)(H,29,30). The van der Waals surface area contributed by atoms with Gasteiger partial charge in [0.15, 0.2) is 0 Å². The lowest BCUT2D eigenvalue weighted by Crippen LogP contribution is -2.62. The number of hydrogen-bond donors (Lipinski definition) is 2. The molecule has 6 rings (SSSR count). The van der Waals surface area contributed by atoms with Gasteiger partial charge in [-0.15, -0.1) is 0 Å². The molecule has 4 aliphatic carbocycles. The Bertz CT molecular complexity index is 892. The predicted molar refractivity (Wildman–Crippen MR) is 112 cm³/mol. The van der Waals surface area contributed by atoms with E-state index in [-0.39, 0.29) is 23.8 Å². The van der Waals surface area contributed by atoms with Gasteiger partial charge in [-0.3, -0.25) is 14.5 Å². The average Bonchev–Trinajstić information content (AvgIpc) is 2.76.